The van der Waals surface area contributed by atoms with Gasteiger partial charge in [0.15, 0.2) is 5.82 Å². The summed E-state index contributed by atoms with van der Waals surface area (Å²) in [6, 6.07) is 71.5. The number of benzene rings is 9. The molecule has 0 amide bonds. The third-order valence-corrected chi connectivity index (χ3v) is 11.4. The molecule has 2 aromatic heterocycles. The summed E-state index contributed by atoms with van der Waals surface area (Å²) >= 11 is 0. The molecule has 11 rings (SSSR count). The van der Waals surface area contributed by atoms with Gasteiger partial charge in [-0.3, -0.25) is 4.98 Å². The van der Waals surface area contributed by atoms with Crippen molar-refractivity contribution in [3.05, 3.63) is 213 Å². The zero-order valence-corrected chi connectivity index (χ0v) is 31.5. The number of fused-ring (bicyclic) bond motifs is 8. The first kappa shape index (κ1) is 33.6. The van der Waals surface area contributed by atoms with Gasteiger partial charge in [0.2, 0.25) is 0 Å². The van der Waals surface area contributed by atoms with Crippen molar-refractivity contribution in [3.8, 4) is 67.3 Å². The lowest BCUT2D eigenvalue weighted by Gasteiger charge is -2.16. The third kappa shape index (κ3) is 5.89. The monoisotopic (exact) mass is 737 g/mol. The van der Waals surface area contributed by atoms with Crippen LogP contribution in [0.3, 0.4) is 0 Å². The van der Waals surface area contributed by atoms with Crippen LogP contribution in [0, 0.1) is 0 Å². The Balaban J connectivity index is 0.965. The normalized spacial score (nSPS) is 11.4. The fourth-order valence-electron chi connectivity index (χ4n) is 8.53. The van der Waals surface area contributed by atoms with E-state index in [1.54, 1.807) is 6.20 Å². The second-order valence-electron chi connectivity index (χ2n) is 14.8. The number of aromatic nitrogens is 3. The van der Waals surface area contributed by atoms with Crippen LogP contribution >= 0.6 is 0 Å². The highest BCUT2D eigenvalue weighted by Crippen LogP contribution is 2.43. The standard InChI is InChI=1S/C55H35N3/c1-2-12-40(13-3-1)55-57-52(34-53(58-55)42-15-10-14-41(32-42)43-16-11-31-56-35-43)39-29-25-37(26-30-39)36-23-27-38(28-24-36)50-33-51-46-19-5-4-17-44(46)45-18-6-8-21-48(45)54(51)49-22-9-7-20-47(49)50/h1-35H. The highest BCUT2D eigenvalue weighted by molar-refractivity contribution is 6.33. The minimum Gasteiger partial charge on any atom is -0.264 e. The van der Waals surface area contributed by atoms with Crippen LogP contribution in [0.2, 0.25) is 0 Å². The quantitative estimate of drug-likeness (QED) is 0.160. The third-order valence-electron chi connectivity index (χ3n) is 11.4. The molecular formula is C55H35N3. The lowest BCUT2D eigenvalue weighted by Crippen LogP contribution is -1.96. The van der Waals surface area contributed by atoms with E-state index in [4.69, 9.17) is 9.97 Å². The lowest BCUT2D eigenvalue weighted by molar-refractivity contribution is 1.18. The molecule has 0 fully saturated rings. The highest BCUT2D eigenvalue weighted by Gasteiger charge is 2.16. The van der Waals surface area contributed by atoms with Crippen LogP contribution in [0.4, 0.5) is 0 Å². The molecule has 0 bridgehead atoms. The number of hydrogen-bond donors (Lipinski definition) is 0. The predicted octanol–water partition coefficient (Wildman–Crippen LogP) is 14.5. The fourth-order valence-corrected chi connectivity index (χ4v) is 8.53. The van der Waals surface area contributed by atoms with Gasteiger partial charge in [0.25, 0.3) is 0 Å². The van der Waals surface area contributed by atoms with E-state index in [1.807, 2.05) is 30.5 Å². The Kier molecular flexibility index (Phi) is 8.15. The van der Waals surface area contributed by atoms with E-state index < -0.39 is 0 Å². The second-order valence-corrected chi connectivity index (χ2v) is 14.8. The first-order valence-electron chi connectivity index (χ1n) is 19.7. The smallest absolute Gasteiger partial charge is 0.160 e. The summed E-state index contributed by atoms with van der Waals surface area (Å²) in [5.74, 6) is 0.696. The van der Waals surface area contributed by atoms with Crippen molar-refractivity contribution in [3.63, 3.8) is 0 Å². The first-order valence-corrected chi connectivity index (χ1v) is 19.7. The average molecular weight is 738 g/mol. The van der Waals surface area contributed by atoms with E-state index >= 15 is 0 Å². The molecule has 0 spiro atoms. The minimum absolute atomic E-state index is 0.696. The van der Waals surface area contributed by atoms with Crippen LogP contribution in [0.25, 0.3) is 110 Å². The molecule has 58 heavy (non-hydrogen) atoms. The second kappa shape index (κ2) is 14.1. The van der Waals surface area contributed by atoms with E-state index in [0.717, 1.165) is 50.3 Å². The van der Waals surface area contributed by atoms with Crippen molar-refractivity contribution >= 4 is 43.1 Å². The van der Waals surface area contributed by atoms with Crippen LogP contribution in [-0.4, -0.2) is 15.0 Å². The molecule has 0 aliphatic carbocycles. The molecule has 0 N–H and O–H groups in total. The van der Waals surface area contributed by atoms with Crippen LogP contribution in [0.1, 0.15) is 0 Å². The summed E-state index contributed by atoms with van der Waals surface area (Å²) < 4.78 is 0. The Morgan fingerprint density at radius 3 is 1.45 bits per heavy atom. The fraction of sp³-hybridized carbons (Fsp3) is 0. The maximum Gasteiger partial charge on any atom is 0.160 e. The first-order chi connectivity index (χ1) is 28.7. The number of rotatable bonds is 6. The van der Waals surface area contributed by atoms with Crippen molar-refractivity contribution in [2.45, 2.75) is 0 Å². The molecule has 0 saturated carbocycles. The largest absolute Gasteiger partial charge is 0.264 e. The Morgan fingerprint density at radius 2 is 0.776 bits per heavy atom. The summed E-state index contributed by atoms with van der Waals surface area (Å²) in [4.78, 5) is 14.5. The lowest BCUT2D eigenvalue weighted by atomic mass is 9.87. The van der Waals surface area contributed by atoms with Gasteiger partial charge < -0.3 is 0 Å². The summed E-state index contributed by atoms with van der Waals surface area (Å²) in [5.41, 5.74) is 11.7. The molecule has 0 saturated heterocycles. The van der Waals surface area contributed by atoms with Gasteiger partial charge in [-0.15, -0.1) is 0 Å². The van der Waals surface area contributed by atoms with Crippen molar-refractivity contribution in [1.29, 1.82) is 0 Å². The van der Waals surface area contributed by atoms with Crippen LogP contribution in [-0.2, 0) is 0 Å². The number of pyridine rings is 1. The van der Waals surface area contributed by atoms with E-state index in [2.05, 4.69) is 181 Å². The Hall–Kier alpha value is -7.75. The molecular weight excluding hydrogens is 703 g/mol. The summed E-state index contributed by atoms with van der Waals surface area (Å²) in [6.45, 7) is 0. The molecule has 0 aliphatic heterocycles. The van der Waals surface area contributed by atoms with Gasteiger partial charge in [-0.05, 0) is 95.2 Å². The summed E-state index contributed by atoms with van der Waals surface area (Å²) in [7, 11) is 0. The van der Waals surface area contributed by atoms with Crippen molar-refractivity contribution in [1.82, 2.24) is 15.0 Å². The van der Waals surface area contributed by atoms with Gasteiger partial charge in [0, 0.05) is 34.6 Å². The van der Waals surface area contributed by atoms with E-state index in [1.165, 1.54) is 54.2 Å². The number of hydrogen-bond acceptors (Lipinski definition) is 3. The zero-order chi connectivity index (χ0) is 38.4. The van der Waals surface area contributed by atoms with Gasteiger partial charge >= 0.3 is 0 Å². The molecule has 3 nitrogen and oxygen atoms in total. The maximum absolute atomic E-state index is 5.09. The molecule has 0 atom stereocenters. The minimum atomic E-state index is 0.696. The van der Waals surface area contributed by atoms with E-state index in [9.17, 15) is 0 Å². The average Bonchev–Trinajstić information content (AvgIpc) is 3.32. The Morgan fingerprint density at radius 1 is 0.276 bits per heavy atom. The molecule has 0 radical (unpaired) electrons. The Labute approximate surface area is 336 Å². The summed E-state index contributed by atoms with van der Waals surface area (Å²) in [6.07, 6.45) is 3.69. The van der Waals surface area contributed by atoms with Crippen LogP contribution in [0.15, 0.2) is 213 Å². The molecule has 0 aliphatic rings. The van der Waals surface area contributed by atoms with E-state index in [-0.39, 0.29) is 0 Å². The molecule has 0 unspecified atom stereocenters. The van der Waals surface area contributed by atoms with Crippen molar-refractivity contribution < 1.29 is 0 Å². The highest BCUT2D eigenvalue weighted by atomic mass is 14.9. The van der Waals surface area contributed by atoms with Crippen molar-refractivity contribution in [2.24, 2.45) is 0 Å². The number of nitrogens with zero attached hydrogens (tertiary/aromatic N) is 3. The maximum atomic E-state index is 5.09. The van der Waals surface area contributed by atoms with Gasteiger partial charge in [0.1, 0.15) is 0 Å². The predicted molar refractivity (Wildman–Crippen MR) is 242 cm³/mol. The molecule has 3 heteroatoms. The van der Waals surface area contributed by atoms with Gasteiger partial charge in [0.05, 0.1) is 11.4 Å². The van der Waals surface area contributed by atoms with Crippen molar-refractivity contribution in [2.75, 3.05) is 0 Å². The topological polar surface area (TPSA) is 38.7 Å². The molecule has 9 aromatic carbocycles. The van der Waals surface area contributed by atoms with Gasteiger partial charge in [-0.25, -0.2) is 9.97 Å². The van der Waals surface area contributed by atoms with Gasteiger partial charge in [-0.1, -0.05) is 176 Å². The molecule has 270 valence electrons. The van der Waals surface area contributed by atoms with Gasteiger partial charge in [-0.2, -0.15) is 0 Å². The van der Waals surface area contributed by atoms with E-state index in [0.29, 0.717) is 5.82 Å². The SMILES string of the molecule is c1ccc(-c2nc(-c3ccc(-c4ccc(-c5cc6c7ccccc7c7ccccc7c6c6ccccc56)cc4)cc3)cc(-c3cccc(-c4cccnc4)c3)n2)cc1. The zero-order valence-electron chi connectivity index (χ0n) is 31.5. The van der Waals surface area contributed by atoms with Crippen LogP contribution < -0.4 is 0 Å². The molecule has 11 aromatic rings. The Bertz CT molecular complexity index is 3300. The van der Waals surface area contributed by atoms with Crippen LogP contribution in [0.5, 0.6) is 0 Å². The molecule has 2 heterocycles. The summed E-state index contributed by atoms with van der Waals surface area (Å²) in [5, 5.41) is 10.3.